The number of anilines is 1. The Morgan fingerprint density at radius 2 is 2.16 bits per heavy atom. The standard InChI is InChI=1S/C24H33N5O2/c30-22(17-29-11-8-19-5-1-2-6-21(19)16-29)15-28-24(31)20-7-10-26-23(12-20)27-14-18-4-3-9-25-13-18/h1-2,5-7,10,12,18,22,25,30H,3-4,8-9,11,13-17H2,(H,26,27)(H,28,31)/t18?,22-/m0/s1. The number of benzene rings is 1. The number of nitrogens with zero attached hydrogens (tertiary/aromatic N) is 2. The Morgan fingerprint density at radius 1 is 1.29 bits per heavy atom. The number of nitrogens with one attached hydrogen (secondary N) is 3. The van der Waals surface area contributed by atoms with Crippen LogP contribution in [0.4, 0.5) is 5.82 Å². The van der Waals surface area contributed by atoms with Crippen molar-refractivity contribution >= 4 is 11.7 Å². The zero-order valence-corrected chi connectivity index (χ0v) is 18.0. The Kier molecular flexibility index (Phi) is 7.51. The summed E-state index contributed by atoms with van der Waals surface area (Å²) in [4.78, 5) is 19.1. The number of aromatic nitrogens is 1. The van der Waals surface area contributed by atoms with Crippen LogP contribution < -0.4 is 16.0 Å². The van der Waals surface area contributed by atoms with E-state index in [-0.39, 0.29) is 12.5 Å². The van der Waals surface area contributed by atoms with Gasteiger partial charge in [0, 0.05) is 44.5 Å². The first-order valence-corrected chi connectivity index (χ1v) is 11.3. The van der Waals surface area contributed by atoms with Crippen molar-refractivity contribution in [1.82, 2.24) is 20.5 Å². The van der Waals surface area contributed by atoms with Gasteiger partial charge in [0.05, 0.1) is 6.10 Å². The molecule has 1 aromatic carbocycles. The van der Waals surface area contributed by atoms with Gasteiger partial charge in [-0.25, -0.2) is 4.98 Å². The number of aliphatic hydroxyl groups excluding tert-OH is 1. The van der Waals surface area contributed by atoms with Crippen LogP contribution in [0.25, 0.3) is 0 Å². The minimum Gasteiger partial charge on any atom is -0.390 e. The van der Waals surface area contributed by atoms with Crippen molar-refractivity contribution in [2.75, 3.05) is 44.6 Å². The Bertz CT molecular complexity index is 869. The maximum Gasteiger partial charge on any atom is 0.251 e. The van der Waals surface area contributed by atoms with Crippen LogP contribution >= 0.6 is 0 Å². The molecule has 0 saturated carbocycles. The number of rotatable bonds is 8. The number of amides is 1. The third kappa shape index (κ3) is 6.26. The number of hydrogen-bond acceptors (Lipinski definition) is 6. The average molecular weight is 424 g/mol. The summed E-state index contributed by atoms with van der Waals surface area (Å²) < 4.78 is 0. The van der Waals surface area contributed by atoms with Crippen molar-refractivity contribution in [2.45, 2.75) is 31.9 Å². The predicted molar refractivity (Wildman–Crippen MR) is 122 cm³/mol. The highest BCUT2D eigenvalue weighted by Gasteiger charge is 2.19. The van der Waals surface area contributed by atoms with E-state index in [1.165, 1.54) is 24.0 Å². The van der Waals surface area contributed by atoms with Crippen molar-refractivity contribution in [1.29, 1.82) is 0 Å². The first-order chi connectivity index (χ1) is 15.2. The Balaban J connectivity index is 1.22. The number of hydrogen-bond donors (Lipinski definition) is 4. The second kappa shape index (κ2) is 10.7. The van der Waals surface area contributed by atoms with Crippen LogP contribution in [-0.4, -0.2) is 66.3 Å². The van der Waals surface area contributed by atoms with Crippen molar-refractivity contribution in [2.24, 2.45) is 5.92 Å². The van der Waals surface area contributed by atoms with Crippen molar-refractivity contribution in [3.8, 4) is 0 Å². The van der Waals surface area contributed by atoms with Crippen molar-refractivity contribution < 1.29 is 9.90 Å². The first-order valence-electron chi connectivity index (χ1n) is 11.3. The Morgan fingerprint density at radius 3 is 3.00 bits per heavy atom. The summed E-state index contributed by atoms with van der Waals surface area (Å²) in [7, 11) is 0. The van der Waals surface area contributed by atoms with E-state index in [1.54, 1.807) is 18.3 Å². The minimum atomic E-state index is -0.604. The molecule has 2 atom stereocenters. The fourth-order valence-electron chi connectivity index (χ4n) is 4.40. The number of carbonyl (C=O) groups excluding carboxylic acids is 1. The van der Waals surface area contributed by atoms with E-state index in [1.807, 2.05) is 0 Å². The largest absolute Gasteiger partial charge is 0.390 e. The molecular weight excluding hydrogens is 390 g/mol. The van der Waals surface area contributed by atoms with Gasteiger partial charge in [-0.05, 0) is 61.5 Å². The third-order valence-corrected chi connectivity index (χ3v) is 6.17. The minimum absolute atomic E-state index is 0.187. The van der Waals surface area contributed by atoms with Gasteiger partial charge in [-0.3, -0.25) is 9.69 Å². The van der Waals surface area contributed by atoms with E-state index in [0.29, 0.717) is 23.8 Å². The van der Waals surface area contributed by atoms with Gasteiger partial charge >= 0.3 is 0 Å². The molecule has 1 amide bonds. The molecule has 0 radical (unpaired) electrons. The smallest absolute Gasteiger partial charge is 0.251 e. The van der Waals surface area contributed by atoms with Gasteiger partial charge in [0.25, 0.3) is 5.91 Å². The van der Waals surface area contributed by atoms with Crippen LogP contribution in [0.3, 0.4) is 0 Å². The third-order valence-electron chi connectivity index (χ3n) is 6.17. The molecule has 0 bridgehead atoms. The Hall–Kier alpha value is -2.48. The highest BCUT2D eigenvalue weighted by atomic mass is 16.3. The molecule has 0 spiro atoms. The summed E-state index contributed by atoms with van der Waals surface area (Å²) in [5.41, 5.74) is 3.27. The van der Waals surface area contributed by atoms with Gasteiger partial charge in [-0.1, -0.05) is 24.3 Å². The van der Waals surface area contributed by atoms with Gasteiger partial charge in [0.15, 0.2) is 0 Å². The second-order valence-electron chi connectivity index (χ2n) is 8.64. The summed E-state index contributed by atoms with van der Waals surface area (Å²) in [5.74, 6) is 1.11. The molecule has 166 valence electrons. The lowest BCUT2D eigenvalue weighted by Gasteiger charge is -2.30. The van der Waals surface area contributed by atoms with Crippen LogP contribution in [-0.2, 0) is 13.0 Å². The molecule has 1 unspecified atom stereocenters. The molecule has 1 aromatic heterocycles. The molecule has 2 aromatic rings. The quantitative estimate of drug-likeness (QED) is 0.516. The normalized spacial score (nSPS) is 20.0. The maximum absolute atomic E-state index is 12.6. The molecule has 0 aliphatic carbocycles. The van der Waals surface area contributed by atoms with Crippen LogP contribution in [0.2, 0.25) is 0 Å². The summed E-state index contributed by atoms with van der Waals surface area (Å²) in [6.45, 7) is 5.52. The lowest BCUT2D eigenvalue weighted by molar-refractivity contribution is 0.0842. The fraction of sp³-hybridized carbons (Fsp3) is 0.500. The molecule has 1 fully saturated rings. The van der Waals surface area contributed by atoms with Gasteiger partial charge in [-0.15, -0.1) is 0 Å². The monoisotopic (exact) mass is 423 g/mol. The van der Waals surface area contributed by atoms with E-state index in [4.69, 9.17) is 0 Å². The highest BCUT2D eigenvalue weighted by molar-refractivity contribution is 5.94. The summed E-state index contributed by atoms with van der Waals surface area (Å²) in [6.07, 6.45) is 4.46. The molecule has 7 nitrogen and oxygen atoms in total. The summed E-state index contributed by atoms with van der Waals surface area (Å²) >= 11 is 0. The maximum atomic E-state index is 12.6. The van der Waals surface area contributed by atoms with E-state index in [2.05, 4.69) is 50.1 Å². The number of piperidine rings is 1. The SMILES string of the molecule is O=C(NC[C@H](O)CN1CCc2ccccc2C1)c1ccnc(NCC2CCCNC2)c1. The first kappa shape index (κ1) is 21.7. The van der Waals surface area contributed by atoms with E-state index in [9.17, 15) is 9.90 Å². The number of aliphatic hydroxyl groups is 1. The molecule has 31 heavy (non-hydrogen) atoms. The van der Waals surface area contributed by atoms with E-state index >= 15 is 0 Å². The second-order valence-corrected chi connectivity index (χ2v) is 8.64. The number of pyridine rings is 1. The molecule has 4 N–H and O–H groups in total. The molecule has 4 rings (SSSR count). The number of carbonyl (C=O) groups is 1. The molecule has 7 heteroatoms. The van der Waals surface area contributed by atoms with Gasteiger partial charge in [0.2, 0.25) is 0 Å². The van der Waals surface area contributed by atoms with E-state index < -0.39 is 6.10 Å². The lowest BCUT2D eigenvalue weighted by atomic mass is 10.00. The number of β-amino-alcohol motifs (C(OH)–C–C–N with tert-alkyl or cyclic N) is 1. The topological polar surface area (TPSA) is 89.5 Å². The van der Waals surface area contributed by atoms with Crippen LogP contribution in [0.15, 0.2) is 42.6 Å². The molecule has 3 heterocycles. The van der Waals surface area contributed by atoms with Crippen molar-refractivity contribution in [3.05, 3.63) is 59.3 Å². The van der Waals surface area contributed by atoms with Crippen LogP contribution in [0.5, 0.6) is 0 Å². The summed E-state index contributed by atoms with van der Waals surface area (Å²) in [5, 5.41) is 20.1. The van der Waals surface area contributed by atoms with Gasteiger partial charge in [0.1, 0.15) is 5.82 Å². The molecule has 2 aliphatic heterocycles. The van der Waals surface area contributed by atoms with Gasteiger partial charge in [-0.2, -0.15) is 0 Å². The van der Waals surface area contributed by atoms with E-state index in [0.717, 1.165) is 39.1 Å². The fourth-order valence-corrected chi connectivity index (χ4v) is 4.40. The molecule has 1 saturated heterocycles. The zero-order chi connectivity index (χ0) is 21.5. The van der Waals surface area contributed by atoms with Crippen LogP contribution in [0, 0.1) is 5.92 Å². The van der Waals surface area contributed by atoms with Crippen molar-refractivity contribution in [3.63, 3.8) is 0 Å². The molecule has 2 aliphatic rings. The van der Waals surface area contributed by atoms with Gasteiger partial charge < -0.3 is 21.1 Å². The molecular formula is C24H33N5O2. The summed E-state index contributed by atoms with van der Waals surface area (Å²) in [6, 6.07) is 11.9. The average Bonchev–Trinajstić information content (AvgIpc) is 2.82. The zero-order valence-electron chi connectivity index (χ0n) is 18.0. The highest BCUT2D eigenvalue weighted by Crippen LogP contribution is 2.18. The number of fused-ring (bicyclic) bond motifs is 1. The van der Waals surface area contributed by atoms with Crippen LogP contribution in [0.1, 0.15) is 34.3 Å². The predicted octanol–water partition coefficient (Wildman–Crippen LogP) is 1.64. The Labute approximate surface area is 184 Å². The lowest BCUT2D eigenvalue weighted by Crippen LogP contribution is -2.42.